The molecule has 0 aromatic heterocycles. The number of aliphatic hydroxyl groups excluding tert-OH is 1. The van der Waals surface area contributed by atoms with Crippen molar-refractivity contribution in [2.24, 2.45) is 0 Å². The Morgan fingerprint density at radius 3 is 2.71 bits per heavy atom. The van der Waals surface area contributed by atoms with E-state index in [9.17, 15) is 9.90 Å². The fourth-order valence-corrected chi connectivity index (χ4v) is 2.57. The van der Waals surface area contributed by atoms with Gasteiger partial charge in [0, 0.05) is 26.2 Å². The van der Waals surface area contributed by atoms with Gasteiger partial charge in [-0.2, -0.15) is 0 Å². The maximum atomic E-state index is 12.2. The minimum atomic E-state index is -0.533. The average molecular weight is 302 g/mol. The maximum Gasteiger partial charge on any atom is 0.410 e. The fraction of sp³-hybridized carbons (Fsp3) is 0.933. The van der Waals surface area contributed by atoms with E-state index in [1.807, 2.05) is 27.7 Å². The number of hydrogen-bond donors (Lipinski definition) is 2. The van der Waals surface area contributed by atoms with Crippen LogP contribution in [0.25, 0.3) is 0 Å². The van der Waals surface area contributed by atoms with Gasteiger partial charge < -0.3 is 24.8 Å². The number of carbonyl (C=O) groups excluding carboxylic acids is 1. The van der Waals surface area contributed by atoms with Crippen LogP contribution in [0.2, 0.25) is 0 Å². The van der Waals surface area contributed by atoms with Crippen molar-refractivity contribution in [1.29, 1.82) is 0 Å². The van der Waals surface area contributed by atoms with E-state index in [0.29, 0.717) is 13.2 Å². The van der Waals surface area contributed by atoms with Crippen molar-refractivity contribution in [3.05, 3.63) is 0 Å². The highest BCUT2D eigenvalue weighted by Crippen LogP contribution is 2.23. The quantitative estimate of drug-likeness (QED) is 0.775. The van der Waals surface area contributed by atoms with Crippen LogP contribution in [-0.2, 0) is 9.47 Å². The van der Waals surface area contributed by atoms with Crippen LogP contribution in [0.1, 0.15) is 40.5 Å². The Kier molecular flexibility index (Phi) is 6.90. The van der Waals surface area contributed by atoms with E-state index < -0.39 is 11.7 Å². The number of nitrogens with zero attached hydrogens (tertiary/aromatic N) is 1. The smallest absolute Gasteiger partial charge is 0.410 e. The van der Waals surface area contributed by atoms with Gasteiger partial charge in [0.05, 0.1) is 18.8 Å². The molecule has 1 heterocycles. The molecule has 21 heavy (non-hydrogen) atoms. The van der Waals surface area contributed by atoms with E-state index in [1.165, 1.54) is 0 Å². The van der Waals surface area contributed by atoms with E-state index in [-0.39, 0.29) is 18.2 Å². The molecule has 6 heteroatoms. The molecule has 6 nitrogen and oxygen atoms in total. The molecule has 1 fully saturated rings. The molecule has 3 atom stereocenters. The van der Waals surface area contributed by atoms with Gasteiger partial charge in [0.25, 0.3) is 0 Å². The summed E-state index contributed by atoms with van der Waals surface area (Å²) in [6, 6.07) is 0.209. The predicted octanol–water partition coefficient (Wildman–Crippen LogP) is 1.37. The Morgan fingerprint density at radius 1 is 1.48 bits per heavy atom. The Bertz CT molecular complexity index is 330. The van der Waals surface area contributed by atoms with Gasteiger partial charge in [-0.1, -0.05) is 0 Å². The first kappa shape index (κ1) is 18.2. The molecule has 0 bridgehead atoms. The number of rotatable bonds is 6. The van der Waals surface area contributed by atoms with Crippen molar-refractivity contribution >= 4 is 6.09 Å². The Hall–Kier alpha value is -0.850. The summed E-state index contributed by atoms with van der Waals surface area (Å²) in [6.07, 6.45) is 1.15. The standard InChI is InChI=1S/C15H30N2O4/c1-11(16-9-12(18)10-20-5)13-7-6-8-17(13)14(19)21-15(2,3)4/h11-13,16,18H,6-10H2,1-5H3/t11?,12?,13-/m1/s1. The molecule has 1 saturated heterocycles. The first-order chi connectivity index (χ1) is 9.74. The summed E-state index contributed by atoms with van der Waals surface area (Å²) >= 11 is 0. The Morgan fingerprint density at radius 2 is 2.14 bits per heavy atom. The Balaban J connectivity index is 2.50. The van der Waals surface area contributed by atoms with Gasteiger partial charge in [-0.05, 0) is 40.5 Å². The molecule has 1 amide bonds. The summed E-state index contributed by atoms with van der Waals surface area (Å²) in [5, 5.41) is 13.0. The number of carbonyl (C=O) groups is 1. The third kappa shape index (κ3) is 6.20. The number of likely N-dealkylation sites (tertiary alicyclic amines) is 1. The molecular formula is C15H30N2O4. The molecule has 0 saturated carbocycles. The average Bonchev–Trinajstić information content (AvgIpc) is 2.83. The molecule has 124 valence electrons. The van der Waals surface area contributed by atoms with Crippen molar-refractivity contribution in [3.8, 4) is 0 Å². The van der Waals surface area contributed by atoms with Crippen molar-refractivity contribution in [2.45, 2.75) is 64.3 Å². The van der Waals surface area contributed by atoms with Crippen LogP contribution in [0, 0.1) is 0 Å². The summed E-state index contributed by atoms with van der Waals surface area (Å²) in [5.74, 6) is 0. The highest BCUT2D eigenvalue weighted by atomic mass is 16.6. The van der Waals surface area contributed by atoms with Crippen LogP contribution >= 0.6 is 0 Å². The SMILES string of the molecule is COCC(O)CNC(C)[C@H]1CCCN1C(=O)OC(C)(C)C. The second kappa shape index (κ2) is 7.96. The van der Waals surface area contributed by atoms with Crippen LogP contribution in [0.4, 0.5) is 4.79 Å². The van der Waals surface area contributed by atoms with E-state index in [0.717, 1.165) is 19.4 Å². The van der Waals surface area contributed by atoms with Crippen LogP contribution < -0.4 is 5.32 Å². The molecule has 2 unspecified atom stereocenters. The lowest BCUT2D eigenvalue weighted by molar-refractivity contribution is 0.0190. The zero-order chi connectivity index (χ0) is 16.0. The predicted molar refractivity (Wildman–Crippen MR) is 81.3 cm³/mol. The molecule has 0 aliphatic carbocycles. The zero-order valence-corrected chi connectivity index (χ0v) is 13.9. The minimum Gasteiger partial charge on any atom is -0.444 e. The lowest BCUT2D eigenvalue weighted by atomic mass is 10.1. The van der Waals surface area contributed by atoms with E-state index in [4.69, 9.17) is 9.47 Å². The van der Waals surface area contributed by atoms with Crippen LogP contribution in [0.3, 0.4) is 0 Å². The van der Waals surface area contributed by atoms with Crippen molar-refractivity contribution < 1.29 is 19.4 Å². The maximum absolute atomic E-state index is 12.2. The second-order valence-corrected chi connectivity index (χ2v) is 6.69. The first-order valence-electron chi connectivity index (χ1n) is 7.64. The third-order valence-corrected chi connectivity index (χ3v) is 3.54. The van der Waals surface area contributed by atoms with Crippen LogP contribution in [0.5, 0.6) is 0 Å². The largest absolute Gasteiger partial charge is 0.444 e. The number of aliphatic hydroxyl groups is 1. The molecular weight excluding hydrogens is 272 g/mol. The van der Waals surface area contributed by atoms with Gasteiger partial charge >= 0.3 is 6.09 Å². The number of amides is 1. The minimum absolute atomic E-state index is 0.103. The van der Waals surface area contributed by atoms with Crippen LogP contribution in [-0.4, -0.2) is 66.7 Å². The summed E-state index contributed by atoms with van der Waals surface area (Å²) in [4.78, 5) is 14.0. The van der Waals surface area contributed by atoms with Crippen molar-refractivity contribution in [1.82, 2.24) is 10.2 Å². The third-order valence-electron chi connectivity index (χ3n) is 3.54. The van der Waals surface area contributed by atoms with Crippen molar-refractivity contribution in [2.75, 3.05) is 26.8 Å². The zero-order valence-electron chi connectivity index (χ0n) is 13.9. The van der Waals surface area contributed by atoms with Gasteiger partial charge in [0.1, 0.15) is 5.60 Å². The molecule has 1 rings (SSSR count). The summed E-state index contributed by atoms with van der Waals surface area (Å²) in [5.41, 5.74) is -0.477. The molecule has 2 N–H and O–H groups in total. The Labute approximate surface area is 127 Å². The summed E-state index contributed by atoms with van der Waals surface area (Å²) in [6.45, 7) is 9.14. The number of methoxy groups -OCH3 is 1. The van der Waals surface area contributed by atoms with Crippen molar-refractivity contribution in [3.63, 3.8) is 0 Å². The lowest BCUT2D eigenvalue weighted by Gasteiger charge is -2.32. The first-order valence-corrected chi connectivity index (χ1v) is 7.64. The highest BCUT2D eigenvalue weighted by molar-refractivity contribution is 5.69. The molecule has 0 radical (unpaired) electrons. The van der Waals surface area contributed by atoms with E-state index in [2.05, 4.69) is 5.32 Å². The molecule has 1 aliphatic rings. The highest BCUT2D eigenvalue weighted by Gasteiger charge is 2.35. The fourth-order valence-electron chi connectivity index (χ4n) is 2.57. The van der Waals surface area contributed by atoms with Gasteiger partial charge in [0.15, 0.2) is 0 Å². The lowest BCUT2D eigenvalue weighted by Crippen LogP contribution is -2.50. The summed E-state index contributed by atoms with van der Waals surface area (Å²) < 4.78 is 10.4. The monoisotopic (exact) mass is 302 g/mol. The topological polar surface area (TPSA) is 71.0 Å². The van der Waals surface area contributed by atoms with E-state index in [1.54, 1.807) is 12.0 Å². The molecule has 0 spiro atoms. The molecule has 0 aromatic carbocycles. The number of ether oxygens (including phenoxy) is 2. The molecule has 1 aliphatic heterocycles. The van der Waals surface area contributed by atoms with Gasteiger partial charge in [0.2, 0.25) is 0 Å². The van der Waals surface area contributed by atoms with Gasteiger partial charge in [-0.3, -0.25) is 0 Å². The van der Waals surface area contributed by atoms with Gasteiger partial charge in [-0.15, -0.1) is 0 Å². The number of hydrogen-bond acceptors (Lipinski definition) is 5. The van der Waals surface area contributed by atoms with E-state index >= 15 is 0 Å². The number of nitrogens with one attached hydrogen (secondary N) is 1. The second-order valence-electron chi connectivity index (χ2n) is 6.69. The normalized spacial score (nSPS) is 22.2. The summed E-state index contributed by atoms with van der Waals surface area (Å²) in [7, 11) is 1.56. The van der Waals surface area contributed by atoms with Gasteiger partial charge in [-0.25, -0.2) is 4.79 Å². The van der Waals surface area contributed by atoms with Crippen LogP contribution in [0.15, 0.2) is 0 Å². The molecule has 0 aromatic rings.